The van der Waals surface area contributed by atoms with Crippen LogP contribution in [-0.2, 0) is 13.0 Å². The number of likely N-dealkylation sites (N-methyl/N-ethyl adjacent to an activating group) is 1. The molecule has 4 rings (SSSR count). The molecule has 1 atom stereocenters. The van der Waals surface area contributed by atoms with Gasteiger partial charge in [0, 0.05) is 19.2 Å². The third-order valence-electron chi connectivity index (χ3n) is 4.81. The van der Waals surface area contributed by atoms with Gasteiger partial charge in [0.25, 0.3) is 5.91 Å². The number of carbonyl (C=O) groups excluding carboxylic acids is 1. The number of aromatic nitrogens is 4. The summed E-state index contributed by atoms with van der Waals surface area (Å²) in [5.74, 6) is 0.792. The van der Waals surface area contributed by atoms with E-state index in [0.717, 1.165) is 29.3 Å². The summed E-state index contributed by atoms with van der Waals surface area (Å²) < 4.78 is 7.82. The van der Waals surface area contributed by atoms with Crippen LogP contribution in [-0.4, -0.2) is 50.5 Å². The molecule has 140 valence electrons. The maximum Gasteiger partial charge on any atom is 0.274 e. The minimum absolute atomic E-state index is 0.0236. The van der Waals surface area contributed by atoms with Crippen molar-refractivity contribution in [3.8, 4) is 5.75 Å². The lowest BCUT2D eigenvalue weighted by Crippen LogP contribution is -2.36. The van der Waals surface area contributed by atoms with E-state index >= 15 is 0 Å². The van der Waals surface area contributed by atoms with Gasteiger partial charge in [0.2, 0.25) is 0 Å². The van der Waals surface area contributed by atoms with Crippen molar-refractivity contribution in [2.75, 3.05) is 13.6 Å². The number of aromatic amines is 1. The van der Waals surface area contributed by atoms with E-state index in [2.05, 4.69) is 21.4 Å². The second kappa shape index (κ2) is 6.90. The minimum atomic E-state index is -0.120. The molecular weight excluding hydrogens is 342 g/mol. The summed E-state index contributed by atoms with van der Waals surface area (Å²) in [6.45, 7) is 5.05. The first kappa shape index (κ1) is 17.3. The highest BCUT2D eigenvalue weighted by atomic mass is 16.5. The lowest BCUT2D eigenvalue weighted by Gasteiger charge is -2.20. The van der Waals surface area contributed by atoms with Gasteiger partial charge in [-0.3, -0.25) is 14.6 Å². The van der Waals surface area contributed by atoms with Crippen molar-refractivity contribution >= 4 is 5.91 Å². The molecular formula is C20H23N5O2. The lowest BCUT2D eigenvalue weighted by molar-refractivity contribution is 0.0724. The maximum absolute atomic E-state index is 12.7. The summed E-state index contributed by atoms with van der Waals surface area (Å²) in [6, 6.07) is 11.8. The largest absolute Gasteiger partial charge is 0.488 e. The lowest BCUT2D eigenvalue weighted by atomic mass is 10.1. The standard InChI is InChI=1S/C20H23N5O2/c1-13-8-14(2)25(23-13)11-16-10-18(22-21-16)20(26)24(3)12-17-9-15-6-4-5-7-19(15)27-17/h4-8,10,17H,9,11-12H2,1-3H3,(H,21,22)/t17-/m0/s1. The first-order valence-electron chi connectivity index (χ1n) is 9.05. The van der Waals surface area contributed by atoms with Crippen LogP contribution < -0.4 is 4.74 Å². The fraction of sp³-hybridized carbons (Fsp3) is 0.350. The molecule has 0 aliphatic carbocycles. The number of ether oxygens (including phenoxy) is 1. The summed E-state index contributed by atoms with van der Waals surface area (Å²) >= 11 is 0. The number of benzene rings is 1. The van der Waals surface area contributed by atoms with Gasteiger partial charge < -0.3 is 9.64 Å². The van der Waals surface area contributed by atoms with E-state index in [1.165, 1.54) is 5.56 Å². The molecule has 1 aliphatic rings. The second-order valence-electron chi connectivity index (χ2n) is 7.10. The molecule has 7 heteroatoms. The molecule has 0 unspecified atom stereocenters. The van der Waals surface area contributed by atoms with Crippen LogP contribution >= 0.6 is 0 Å². The zero-order valence-electron chi connectivity index (χ0n) is 15.8. The van der Waals surface area contributed by atoms with Crippen molar-refractivity contribution in [1.29, 1.82) is 0 Å². The van der Waals surface area contributed by atoms with Crippen LogP contribution in [0.5, 0.6) is 5.75 Å². The van der Waals surface area contributed by atoms with E-state index in [9.17, 15) is 4.79 Å². The smallest absolute Gasteiger partial charge is 0.274 e. The first-order chi connectivity index (χ1) is 13.0. The molecule has 0 bridgehead atoms. The van der Waals surface area contributed by atoms with Crippen LogP contribution in [0.4, 0.5) is 0 Å². The summed E-state index contributed by atoms with van der Waals surface area (Å²) in [5.41, 5.74) is 4.49. The Morgan fingerprint density at radius 2 is 2.15 bits per heavy atom. The van der Waals surface area contributed by atoms with Crippen molar-refractivity contribution in [3.63, 3.8) is 0 Å². The number of hydrogen-bond acceptors (Lipinski definition) is 4. The van der Waals surface area contributed by atoms with Gasteiger partial charge in [0.05, 0.1) is 24.5 Å². The van der Waals surface area contributed by atoms with E-state index in [1.54, 1.807) is 18.0 Å². The number of carbonyl (C=O) groups is 1. The summed E-state index contributed by atoms with van der Waals surface area (Å²) in [5, 5.41) is 11.6. The Morgan fingerprint density at radius 1 is 1.33 bits per heavy atom. The number of para-hydroxylation sites is 1. The fourth-order valence-electron chi connectivity index (χ4n) is 3.49. The van der Waals surface area contributed by atoms with E-state index < -0.39 is 0 Å². The Labute approximate surface area is 157 Å². The van der Waals surface area contributed by atoms with Crippen LogP contribution in [0, 0.1) is 13.8 Å². The van der Waals surface area contributed by atoms with Crippen LogP contribution in [0.3, 0.4) is 0 Å². The molecule has 0 saturated carbocycles. The Kier molecular flexibility index (Phi) is 4.43. The van der Waals surface area contributed by atoms with Crippen molar-refractivity contribution in [3.05, 3.63) is 64.7 Å². The molecule has 0 spiro atoms. The predicted molar refractivity (Wildman–Crippen MR) is 101 cm³/mol. The van der Waals surface area contributed by atoms with Gasteiger partial charge >= 0.3 is 0 Å². The molecule has 0 saturated heterocycles. The molecule has 1 aromatic carbocycles. The number of nitrogens with one attached hydrogen (secondary N) is 1. The molecule has 27 heavy (non-hydrogen) atoms. The second-order valence-corrected chi connectivity index (χ2v) is 7.10. The molecule has 3 heterocycles. The quantitative estimate of drug-likeness (QED) is 0.753. The van der Waals surface area contributed by atoms with Gasteiger partial charge in [0.1, 0.15) is 17.5 Å². The normalized spacial score (nSPS) is 15.4. The van der Waals surface area contributed by atoms with E-state index in [-0.39, 0.29) is 12.0 Å². The number of fused-ring (bicyclic) bond motifs is 1. The SMILES string of the molecule is Cc1cc(C)n(Cc2cc(C(=O)N(C)C[C@@H]3Cc4ccccc4O3)n[nH]2)n1. The molecule has 0 radical (unpaired) electrons. The number of H-pyrrole nitrogens is 1. The Morgan fingerprint density at radius 3 is 2.89 bits per heavy atom. The van der Waals surface area contributed by atoms with Gasteiger partial charge in [-0.2, -0.15) is 10.2 Å². The average molecular weight is 365 g/mol. The van der Waals surface area contributed by atoms with Crippen molar-refractivity contribution in [2.24, 2.45) is 0 Å². The zero-order chi connectivity index (χ0) is 19.0. The fourth-order valence-corrected chi connectivity index (χ4v) is 3.49. The van der Waals surface area contributed by atoms with Gasteiger partial charge in [0.15, 0.2) is 0 Å². The van der Waals surface area contributed by atoms with E-state index in [0.29, 0.717) is 18.8 Å². The highest BCUT2D eigenvalue weighted by Crippen LogP contribution is 2.28. The third kappa shape index (κ3) is 3.58. The van der Waals surface area contributed by atoms with E-state index in [4.69, 9.17) is 4.74 Å². The van der Waals surface area contributed by atoms with Gasteiger partial charge in [-0.05, 0) is 37.6 Å². The molecule has 1 N–H and O–H groups in total. The molecule has 7 nitrogen and oxygen atoms in total. The van der Waals surface area contributed by atoms with Crippen LogP contribution in [0.1, 0.15) is 33.1 Å². The molecule has 0 fully saturated rings. The number of nitrogens with zero attached hydrogens (tertiary/aromatic N) is 4. The highest BCUT2D eigenvalue weighted by molar-refractivity contribution is 5.92. The Balaban J connectivity index is 1.38. The number of hydrogen-bond donors (Lipinski definition) is 1. The predicted octanol–water partition coefficient (Wildman–Crippen LogP) is 2.35. The monoisotopic (exact) mass is 365 g/mol. The van der Waals surface area contributed by atoms with Gasteiger partial charge in [-0.1, -0.05) is 18.2 Å². The number of amides is 1. The van der Waals surface area contributed by atoms with Gasteiger partial charge in [-0.15, -0.1) is 0 Å². The van der Waals surface area contributed by atoms with Crippen LogP contribution in [0.25, 0.3) is 0 Å². The summed E-state index contributed by atoms with van der Waals surface area (Å²) in [7, 11) is 1.78. The minimum Gasteiger partial charge on any atom is -0.488 e. The van der Waals surface area contributed by atoms with Crippen molar-refractivity contribution in [2.45, 2.75) is 32.9 Å². The van der Waals surface area contributed by atoms with E-state index in [1.807, 2.05) is 42.8 Å². The van der Waals surface area contributed by atoms with Crippen LogP contribution in [0.15, 0.2) is 36.4 Å². The maximum atomic E-state index is 12.7. The zero-order valence-corrected chi connectivity index (χ0v) is 15.8. The van der Waals surface area contributed by atoms with Gasteiger partial charge in [-0.25, -0.2) is 0 Å². The van der Waals surface area contributed by atoms with Crippen molar-refractivity contribution < 1.29 is 9.53 Å². The Hall–Kier alpha value is -3.09. The molecule has 1 aliphatic heterocycles. The molecule has 2 aromatic heterocycles. The van der Waals surface area contributed by atoms with Crippen molar-refractivity contribution in [1.82, 2.24) is 24.9 Å². The molecule has 1 amide bonds. The Bertz CT molecular complexity index is 949. The van der Waals surface area contributed by atoms with Crippen LogP contribution in [0.2, 0.25) is 0 Å². The average Bonchev–Trinajstić information content (AvgIpc) is 3.33. The first-order valence-corrected chi connectivity index (χ1v) is 9.05. The third-order valence-corrected chi connectivity index (χ3v) is 4.81. The molecule has 3 aromatic rings. The number of aryl methyl sites for hydroxylation is 2. The topological polar surface area (TPSA) is 76.0 Å². The number of rotatable bonds is 5. The highest BCUT2D eigenvalue weighted by Gasteiger charge is 2.26. The summed E-state index contributed by atoms with van der Waals surface area (Å²) in [4.78, 5) is 14.4. The summed E-state index contributed by atoms with van der Waals surface area (Å²) in [6.07, 6.45) is 0.793.